The Hall–Kier alpha value is -1.04. The summed E-state index contributed by atoms with van der Waals surface area (Å²) in [4.78, 5) is 0. The Balaban J connectivity index is 2.36. The molecule has 1 aliphatic rings. The molecule has 0 heteroatoms. The lowest BCUT2D eigenvalue weighted by molar-refractivity contribution is 0.393. The van der Waals surface area contributed by atoms with E-state index in [-0.39, 0.29) is 0 Å². The molecule has 0 atom stereocenters. The highest BCUT2D eigenvalue weighted by atomic mass is 14.4. The highest BCUT2D eigenvalue weighted by Gasteiger charge is 2.39. The molecule has 1 aromatic rings. The van der Waals surface area contributed by atoms with E-state index in [1.165, 1.54) is 63.4 Å². The Kier molecular flexibility index (Phi) is 6.08. The van der Waals surface area contributed by atoms with Crippen molar-refractivity contribution in [3.63, 3.8) is 0 Å². The Labute approximate surface area is 131 Å². The molecule has 0 spiro atoms. The molecule has 0 saturated carbocycles. The van der Waals surface area contributed by atoms with E-state index in [9.17, 15) is 0 Å². The largest absolute Gasteiger partial charge is 0.0654 e. The fourth-order valence-corrected chi connectivity index (χ4v) is 3.91. The minimum absolute atomic E-state index is 0.359. The van der Waals surface area contributed by atoms with Gasteiger partial charge in [-0.15, -0.1) is 0 Å². The molecular formula is C21H32. The van der Waals surface area contributed by atoms with Gasteiger partial charge in [0.25, 0.3) is 0 Å². The van der Waals surface area contributed by atoms with Crippen LogP contribution >= 0.6 is 0 Å². The maximum absolute atomic E-state index is 2.52. The van der Waals surface area contributed by atoms with Crippen molar-refractivity contribution < 1.29 is 0 Å². The maximum atomic E-state index is 2.52. The number of hydrogen-bond donors (Lipinski definition) is 0. The number of allylic oxidation sites excluding steroid dienone is 1. The molecule has 116 valence electrons. The van der Waals surface area contributed by atoms with Gasteiger partial charge in [0, 0.05) is 5.41 Å². The van der Waals surface area contributed by atoms with Crippen LogP contribution in [0.4, 0.5) is 0 Å². The molecule has 21 heavy (non-hydrogen) atoms. The van der Waals surface area contributed by atoms with Gasteiger partial charge in [-0.05, 0) is 36.8 Å². The van der Waals surface area contributed by atoms with Gasteiger partial charge in [-0.3, -0.25) is 0 Å². The van der Waals surface area contributed by atoms with E-state index in [0.29, 0.717) is 5.41 Å². The fourth-order valence-electron chi connectivity index (χ4n) is 3.91. The number of benzene rings is 1. The lowest BCUT2D eigenvalue weighted by Crippen LogP contribution is -2.27. The van der Waals surface area contributed by atoms with E-state index in [2.05, 4.69) is 51.1 Å². The van der Waals surface area contributed by atoms with E-state index in [1.807, 2.05) is 0 Å². The van der Waals surface area contributed by atoms with Gasteiger partial charge >= 0.3 is 0 Å². The first-order valence-electron chi connectivity index (χ1n) is 9.09. The van der Waals surface area contributed by atoms with Gasteiger partial charge in [0.15, 0.2) is 0 Å². The second-order valence-corrected chi connectivity index (χ2v) is 6.65. The Morgan fingerprint density at radius 2 is 1.43 bits per heavy atom. The third-order valence-electron chi connectivity index (χ3n) is 5.13. The molecule has 0 saturated heterocycles. The molecule has 1 aromatic carbocycles. The molecule has 0 amide bonds. The van der Waals surface area contributed by atoms with Crippen LogP contribution in [-0.4, -0.2) is 0 Å². The fraction of sp³-hybridized carbons (Fsp3) is 0.619. The van der Waals surface area contributed by atoms with Crippen LogP contribution in [-0.2, 0) is 5.41 Å². The third kappa shape index (κ3) is 3.42. The van der Waals surface area contributed by atoms with Crippen LogP contribution in [0.15, 0.2) is 29.8 Å². The van der Waals surface area contributed by atoms with Crippen molar-refractivity contribution >= 4 is 6.08 Å². The molecule has 0 aromatic heterocycles. The molecule has 0 bridgehead atoms. The molecular weight excluding hydrogens is 252 g/mol. The van der Waals surface area contributed by atoms with Gasteiger partial charge in [-0.25, -0.2) is 0 Å². The summed E-state index contributed by atoms with van der Waals surface area (Å²) < 4.78 is 0. The maximum Gasteiger partial charge on any atom is 0.0171 e. The van der Waals surface area contributed by atoms with Crippen molar-refractivity contribution in [2.45, 2.75) is 84.0 Å². The summed E-state index contributed by atoms with van der Waals surface area (Å²) in [7, 11) is 0. The first-order valence-corrected chi connectivity index (χ1v) is 9.09. The topological polar surface area (TPSA) is 0 Å². The van der Waals surface area contributed by atoms with E-state index in [0.717, 1.165) is 0 Å². The molecule has 0 radical (unpaired) electrons. The highest BCUT2D eigenvalue weighted by Crippen LogP contribution is 2.50. The lowest BCUT2D eigenvalue weighted by Gasteiger charge is -2.35. The van der Waals surface area contributed by atoms with Gasteiger partial charge in [-0.2, -0.15) is 0 Å². The predicted molar refractivity (Wildman–Crippen MR) is 94.7 cm³/mol. The van der Waals surface area contributed by atoms with E-state index in [1.54, 1.807) is 11.1 Å². The summed E-state index contributed by atoms with van der Waals surface area (Å²) in [5.41, 5.74) is 5.21. The average molecular weight is 284 g/mol. The molecule has 0 aliphatic heterocycles. The van der Waals surface area contributed by atoms with Crippen LogP contribution in [0.25, 0.3) is 6.08 Å². The quantitative estimate of drug-likeness (QED) is 0.463. The van der Waals surface area contributed by atoms with Crippen molar-refractivity contribution in [1.82, 2.24) is 0 Å². The van der Waals surface area contributed by atoms with E-state index < -0.39 is 0 Å². The Bertz CT molecular complexity index is 459. The Morgan fingerprint density at radius 3 is 2.05 bits per heavy atom. The smallest absolute Gasteiger partial charge is 0.0171 e. The standard InChI is InChI=1S/C21H32/c1-4-7-13-19-17-18-12-10-11-14-20(18)21(19,15-8-5-2)16-9-6-3/h10-12,14,17H,4-9,13,15-16H2,1-3H3. The zero-order valence-electron chi connectivity index (χ0n) is 14.3. The molecule has 0 unspecified atom stereocenters. The van der Waals surface area contributed by atoms with Crippen molar-refractivity contribution in [3.05, 3.63) is 41.0 Å². The lowest BCUT2D eigenvalue weighted by atomic mass is 9.69. The van der Waals surface area contributed by atoms with Gasteiger partial charge in [0.05, 0.1) is 0 Å². The van der Waals surface area contributed by atoms with Crippen LogP contribution in [0.5, 0.6) is 0 Å². The van der Waals surface area contributed by atoms with Crippen molar-refractivity contribution in [3.8, 4) is 0 Å². The van der Waals surface area contributed by atoms with Crippen molar-refractivity contribution in [1.29, 1.82) is 0 Å². The monoisotopic (exact) mass is 284 g/mol. The SMILES string of the molecule is CCCCC1=Cc2ccccc2C1(CCCC)CCCC. The van der Waals surface area contributed by atoms with Crippen LogP contribution in [0.1, 0.15) is 89.7 Å². The van der Waals surface area contributed by atoms with Crippen LogP contribution < -0.4 is 0 Å². The van der Waals surface area contributed by atoms with Gasteiger partial charge < -0.3 is 0 Å². The summed E-state index contributed by atoms with van der Waals surface area (Å²) in [6.45, 7) is 6.95. The first kappa shape index (κ1) is 16.3. The average Bonchev–Trinajstić information content (AvgIpc) is 2.83. The molecule has 0 fully saturated rings. The number of hydrogen-bond acceptors (Lipinski definition) is 0. The normalized spacial score (nSPS) is 15.9. The molecule has 2 rings (SSSR count). The van der Waals surface area contributed by atoms with Gasteiger partial charge in [-0.1, -0.05) is 88.8 Å². The van der Waals surface area contributed by atoms with Crippen LogP contribution in [0, 0.1) is 0 Å². The summed E-state index contributed by atoms with van der Waals surface area (Å²) in [5, 5.41) is 0. The van der Waals surface area contributed by atoms with Crippen LogP contribution in [0.2, 0.25) is 0 Å². The zero-order chi connectivity index (χ0) is 15.1. The summed E-state index contributed by atoms with van der Waals surface area (Å²) in [5.74, 6) is 0. The third-order valence-corrected chi connectivity index (χ3v) is 5.13. The van der Waals surface area contributed by atoms with E-state index >= 15 is 0 Å². The molecule has 0 nitrogen and oxygen atoms in total. The second-order valence-electron chi connectivity index (χ2n) is 6.65. The minimum Gasteiger partial charge on any atom is -0.0654 e. The van der Waals surface area contributed by atoms with Crippen molar-refractivity contribution in [2.24, 2.45) is 0 Å². The predicted octanol–water partition coefficient (Wildman–Crippen LogP) is 6.89. The number of rotatable bonds is 9. The molecule has 1 aliphatic carbocycles. The number of fused-ring (bicyclic) bond motifs is 1. The number of unbranched alkanes of at least 4 members (excludes halogenated alkanes) is 3. The van der Waals surface area contributed by atoms with Gasteiger partial charge in [0.2, 0.25) is 0 Å². The molecule has 0 heterocycles. The first-order chi connectivity index (χ1) is 10.3. The summed E-state index contributed by atoms with van der Waals surface area (Å²) in [6.07, 6.45) is 14.4. The van der Waals surface area contributed by atoms with Gasteiger partial charge in [0.1, 0.15) is 0 Å². The summed E-state index contributed by atoms with van der Waals surface area (Å²) >= 11 is 0. The second kappa shape index (κ2) is 7.82. The highest BCUT2D eigenvalue weighted by molar-refractivity contribution is 5.69. The zero-order valence-corrected chi connectivity index (χ0v) is 14.3. The molecule has 0 N–H and O–H groups in total. The Morgan fingerprint density at radius 1 is 0.810 bits per heavy atom. The van der Waals surface area contributed by atoms with E-state index in [4.69, 9.17) is 0 Å². The van der Waals surface area contributed by atoms with Crippen LogP contribution in [0.3, 0.4) is 0 Å². The summed E-state index contributed by atoms with van der Waals surface area (Å²) in [6, 6.07) is 9.15. The van der Waals surface area contributed by atoms with Crippen molar-refractivity contribution in [2.75, 3.05) is 0 Å². The minimum atomic E-state index is 0.359.